The van der Waals surface area contributed by atoms with E-state index in [1.165, 1.54) is 0 Å². The molecule has 0 aliphatic carbocycles. The lowest BCUT2D eigenvalue weighted by Crippen LogP contribution is -2.41. The number of aromatic nitrogens is 3. The van der Waals surface area contributed by atoms with E-state index >= 15 is 0 Å². The van der Waals surface area contributed by atoms with Crippen LogP contribution in [0.5, 0.6) is 0 Å². The average Bonchev–Trinajstić information content (AvgIpc) is 3.42. The fourth-order valence-electron chi connectivity index (χ4n) is 4.60. The van der Waals surface area contributed by atoms with Crippen LogP contribution in [0.25, 0.3) is 39.2 Å². The van der Waals surface area contributed by atoms with Crippen molar-refractivity contribution in [2.75, 3.05) is 0 Å². The van der Waals surface area contributed by atoms with Crippen molar-refractivity contribution in [3.8, 4) is 28.5 Å². The van der Waals surface area contributed by atoms with Gasteiger partial charge < -0.3 is 9.31 Å². The molecule has 1 aromatic heterocycles. The van der Waals surface area contributed by atoms with Crippen LogP contribution in [0.2, 0.25) is 0 Å². The summed E-state index contributed by atoms with van der Waals surface area (Å²) in [5.74, 6) is 1.62. The van der Waals surface area contributed by atoms with Crippen molar-refractivity contribution in [1.29, 1.82) is 0 Å². The molecular formula is C30H28BN3O2. The number of benzene rings is 4. The van der Waals surface area contributed by atoms with Crippen LogP contribution in [-0.4, -0.2) is 33.1 Å². The van der Waals surface area contributed by atoms with Gasteiger partial charge in [0.1, 0.15) is 0 Å². The monoisotopic (exact) mass is 473 g/mol. The zero-order chi connectivity index (χ0) is 24.9. The quantitative estimate of drug-likeness (QED) is 0.298. The molecule has 4 aromatic carbocycles. The third kappa shape index (κ3) is 3.83. The van der Waals surface area contributed by atoms with E-state index < -0.39 is 0 Å². The third-order valence-electron chi connectivity index (χ3n) is 7.36. The fraction of sp³-hybridized carbons (Fsp3) is 0.200. The summed E-state index contributed by atoms with van der Waals surface area (Å²) in [4.78, 5) is 0. The zero-order valence-electron chi connectivity index (χ0n) is 21.0. The van der Waals surface area contributed by atoms with Crippen LogP contribution in [-0.2, 0) is 9.31 Å². The molecule has 1 fully saturated rings. The molecule has 0 amide bonds. The molecule has 0 atom stereocenters. The molecule has 5 nitrogen and oxygen atoms in total. The Morgan fingerprint density at radius 3 is 1.83 bits per heavy atom. The number of hydrogen-bond donors (Lipinski definition) is 0. The summed E-state index contributed by atoms with van der Waals surface area (Å²) in [6.07, 6.45) is 0. The van der Waals surface area contributed by atoms with Gasteiger partial charge in [-0.05, 0) is 62.1 Å². The maximum atomic E-state index is 6.26. The van der Waals surface area contributed by atoms with Gasteiger partial charge in [-0.3, -0.25) is 4.57 Å². The number of rotatable bonds is 4. The molecule has 1 aliphatic heterocycles. The SMILES string of the molecule is CC1(C)OB(c2ccc3cc(-c4nnc(-c5ccccc5)n4-c4ccccc4)ccc3c2)OC1(C)C. The van der Waals surface area contributed by atoms with Gasteiger partial charge in [-0.15, -0.1) is 10.2 Å². The van der Waals surface area contributed by atoms with E-state index in [1.807, 2.05) is 36.4 Å². The number of fused-ring (bicyclic) bond motifs is 1. The van der Waals surface area contributed by atoms with Crippen molar-refractivity contribution in [1.82, 2.24) is 14.8 Å². The molecule has 6 rings (SSSR count). The van der Waals surface area contributed by atoms with E-state index in [0.717, 1.165) is 44.7 Å². The van der Waals surface area contributed by atoms with Crippen LogP contribution in [0.1, 0.15) is 27.7 Å². The average molecular weight is 473 g/mol. The summed E-state index contributed by atoms with van der Waals surface area (Å²) in [5.41, 5.74) is 3.33. The first kappa shape index (κ1) is 22.7. The molecular weight excluding hydrogens is 445 g/mol. The fourth-order valence-corrected chi connectivity index (χ4v) is 4.60. The lowest BCUT2D eigenvalue weighted by molar-refractivity contribution is 0.00578. The van der Waals surface area contributed by atoms with Crippen molar-refractivity contribution in [2.45, 2.75) is 38.9 Å². The van der Waals surface area contributed by atoms with Crippen molar-refractivity contribution < 1.29 is 9.31 Å². The minimum atomic E-state index is -0.381. The minimum absolute atomic E-state index is 0.367. The van der Waals surface area contributed by atoms with E-state index in [1.54, 1.807) is 0 Å². The molecule has 2 heterocycles. The molecule has 0 unspecified atom stereocenters. The minimum Gasteiger partial charge on any atom is -0.399 e. The topological polar surface area (TPSA) is 49.2 Å². The van der Waals surface area contributed by atoms with Gasteiger partial charge >= 0.3 is 7.12 Å². The Labute approximate surface area is 211 Å². The van der Waals surface area contributed by atoms with Gasteiger partial charge in [0, 0.05) is 16.8 Å². The normalized spacial score (nSPS) is 16.5. The second-order valence-electron chi connectivity index (χ2n) is 10.3. The van der Waals surface area contributed by atoms with Crippen LogP contribution in [0.15, 0.2) is 97.1 Å². The van der Waals surface area contributed by atoms with E-state index in [4.69, 9.17) is 9.31 Å². The zero-order valence-corrected chi connectivity index (χ0v) is 21.0. The van der Waals surface area contributed by atoms with Gasteiger partial charge in [0.05, 0.1) is 11.2 Å². The molecule has 1 saturated heterocycles. The van der Waals surface area contributed by atoms with Crippen molar-refractivity contribution in [2.24, 2.45) is 0 Å². The van der Waals surface area contributed by atoms with Gasteiger partial charge in [0.25, 0.3) is 0 Å². The predicted octanol–water partition coefficient (Wildman–Crippen LogP) is 6.05. The molecule has 0 spiro atoms. The highest BCUT2D eigenvalue weighted by molar-refractivity contribution is 6.62. The standard InChI is InChI=1S/C30H28BN3O2/c1-29(2)30(3,4)36-31(35-29)25-18-17-22-19-24(16-15-23(22)20-25)28-33-32-27(21-11-7-5-8-12-21)34(28)26-13-9-6-10-14-26/h5-20H,1-4H3. The van der Waals surface area contributed by atoms with Crippen LogP contribution in [0.4, 0.5) is 0 Å². The highest BCUT2D eigenvalue weighted by Crippen LogP contribution is 2.37. The van der Waals surface area contributed by atoms with E-state index in [0.29, 0.717) is 0 Å². The molecule has 0 N–H and O–H groups in total. The third-order valence-corrected chi connectivity index (χ3v) is 7.36. The lowest BCUT2D eigenvalue weighted by atomic mass is 9.78. The Balaban J connectivity index is 1.41. The van der Waals surface area contributed by atoms with Crippen LogP contribution in [0.3, 0.4) is 0 Å². The van der Waals surface area contributed by atoms with Gasteiger partial charge in [-0.25, -0.2) is 0 Å². The molecule has 178 valence electrons. The first-order valence-electron chi connectivity index (χ1n) is 12.3. The van der Waals surface area contributed by atoms with Crippen LogP contribution < -0.4 is 5.46 Å². The van der Waals surface area contributed by atoms with Crippen molar-refractivity contribution in [3.63, 3.8) is 0 Å². The van der Waals surface area contributed by atoms with Crippen LogP contribution >= 0.6 is 0 Å². The molecule has 1 aliphatic rings. The highest BCUT2D eigenvalue weighted by atomic mass is 16.7. The number of para-hydroxylation sites is 1. The Hall–Kier alpha value is -3.74. The first-order chi connectivity index (χ1) is 17.3. The molecule has 0 saturated carbocycles. The molecule has 0 radical (unpaired) electrons. The summed E-state index contributed by atoms with van der Waals surface area (Å²) in [6.45, 7) is 8.31. The molecule has 36 heavy (non-hydrogen) atoms. The molecule has 6 heteroatoms. The lowest BCUT2D eigenvalue weighted by Gasteiger charge is -2.32. The predicted molar refractivity (Wildman–Crippen MR) is 145 cm³/mol. The van der Waals surface area contributed by atoms with Gasteiger partial charge in [0.15, 0.2) is 11.6 Å². The summed E-state index contributed by atoms with van der Waals surface area (Å²) in [7, 11) is -0.381. The molecule has 5 aromatic rings. The largest absolute Gasteiger partial charge is 0.494 e. The van der Waals surface area contributed by atoms with Gasteiger partial charge in [-0.2, -0.15) is 0 Å². The smallest absolute Gasteiger partial charge is 0.399 e. The maximum absolute atomic E-state index is 6.26. The van der Waals surface area contributed by atoms with Gasteiger partial charge in [-0.1, -0.05) is 78.9 Å². The van der Waals surface area contributed by atoms with E-state index in [-0.39, 0.29) is 18.3 Å². The molecule has 0 bridgehead atoms. The second kappa shape index (κ2) is 8.44. The summed E-state index contributed by atoms with van der Waals surface area (Å²) >= 11 is 0. The summed E-state index contributed by atoms with van der Waals surface area (Å²) in [5, 5.41) is 11.5. The second-order valence-corrected chi connectivity index (χ2v) is 10.3. The highest BCUT2D eigenvalue weighted by Gasteiger charge is 2.51. The first-order valence-corrected chi connectivity index (χ1v) is 12.3. The van der Waals surface area contributed by atoms with Crippen molar-refractivity contribution in [3.05, 3.63) is 97.1 Å². The Morgan fingerprint density at radius 1 is 0.611 bits per heavy atom. The Kier molecular flexibility index (Phi) is 5.32. The number of nitrogens with zero attached hydrogens (tertiary/aromatic N) is 3. The summed E-state index contributed by atoms with van der Waals surface area (Å²) in [6, 6.07) is 33.2. The summed E-state index contributed by atoms with van der Waals surface area (Å²) < 4.78 is 14.6. The Bertz CT molecular complexity index is 1530. The van der Waals surface area contributed by atoms with Gasteiger partial charge in [0.2, 0.25) is 0 Å². The Morgan fingerprint density at radius 2 is 1.17 bits per heavy atom. The van der Waals surface area contributed by atoms with E-state index in [2.05, 4.69) is 103 Å². The maximum Gasteiger partial charge on any atom is 0.494 e. The van der Waals surface area contributed by atoms with Crippen molar-refractivity contribution >= 4 is 23.4 Å². The van der Waals surface area contributed by atoms with E-state index in [9.17, 15) is 0 Å². The van der Waals surface area contributed by atoms with Crippen LogP contribution in [0, 0.1) is 0 Å². The number of hydrogen-bond acceptors (Lipinski definition) is 4.